The molecule has 0 saturated heterocycles. The maximum absolute atomic E-state index is 5.51. The van der Waals surface area contributed by atoms with Crippen LogP contribution in [-0.2, 0) is 4.74 Å². The average Bonchev–Trinajstić information content (AvgIpc) is 2.15. The van der Waals surface area contributed by atoms with Crippen LogP contribution in [0.2, 0.25) is 0 Å². The molecule has 1 fully saturated rings. The molecule has 1 aromatic heterocycles. The van der Waals surface area contributed by atoms with Crippen molar-refractivity contribution in [3.8, 4) is 0 Å². The lowest BCUT2D eigenvalue weighted by atomic mass is 9.89. The first-order chi connectivity index (χ1) is 7.28. The molecule has 1 aliphatic rings. The molecule has 82 valence electrons. The number of aryl methyl sites for hydroxylation is 1. The monoisotopic (exact) mass is 206 g/mol. The molecule has 15 heavy (non-hydrogen) atoms. The van der Waals surface area contributed by atoms with E-state index in [9.17, 15) is 0 Å². The molecule has 2 rings (SSSR count). The average molecular weight is 206 g/mol. The molecule has 0 aromatic carbocycles. The van der Waals surface area contributed by atoms with Crippen molar-refractivity contribution in [1.82, 2.24) is 4.98 Å². The molecule has 0 bridgehead atoms. The highest BCUT2D eigenvalue weighted by atomic mass is 16.5. The van der Waals surface area contributed by atoms with Crippen LogP contribution in [0.5, 0.6) is 0 Å². The van der Waals surface area contributed by atoms with Gasteiger partial charge in [-0.25, -0.2) is 4.98 Å². The van der Waals surface area contributed by atoms with Crippen LogP contribution >= 0.6 is 0 Å². The SMILES string of the molecule is CCOC1CC(Nc2cccc(C)n2)C1. The molecule has 3 nitrogen and oxygen atoms in total. The van der Waals surface area contributed by atoms with E-state index in [2.05, 4.69) is 10.3 Å². The maximum Gasteiger partial charge on any atom is 0.126 e. The Balaban J connectivity index is 1.80. The Labute approximate surface area is 90.9 Å². The van der Waals surface area contributed by atoms with Crippen molar-refractivity contribution in [1.29, 1.82) is 0 Å². The van der Waals surface area contributed by atoms with Gasteiger partial charge in [-0.05, 0) is 38.8 Å². The Morgan fingerprint density at radius 2 is 2.27 bits per heavy atom. The highest BCUT2D eigenvalue weighted by molar-refractivity contribution is 5.37. The zero-order valence-electron chi connectivity index (χ0n) is 9.36. The summed E-state index contributed by atoms with van der Waals surface area (Å²) in [5, 5.41) is 3.42. The molecular formula is C12H18N2O. The van der Waals surface area contributed by atoms with Crippen molar-refractivity contribution in [3.63, 3.8) is 0 Å². The lowest BCUT2D eigenvalue weighted by Crippen LogP contribution is -2.41. The molecule has 1 saturated carbocycles. The molecule has 0 spiro atoms. The lowest BCUT2D eigenvalue weighted by Gasteiger charge is -2.35. The Kier molecular flexibility index (Phi) is 3.21. The maximum atomic E-state index is 5.51. The molecule has 0 radical (unpaired) electrons. The van der Waals surface area contributed by atoms with Gasteiger partial charge in [0.05, 0.1) is 6.10 Å². The van der Waals surface area contributed by atoms with Gasteiger partial charge < -0.3 is 10.1 Å². The predicted octanol–water partition coefficient (Wildman–Crippen LogP) is 2.37. The summed E-state index contributed by atoms with van der Waals surface area (Å²) in [4.78, 5) is 4.41. The van der Waals surface area contributed by atoms with Gasteiger partial charge in [0.15, 0.2) is 0 Å². The zero-order valence-corrected chi connectivity index (χ0v) is 9.36. The van der Waals surface area contributed by atoms with Gasteiger partial charge >= 0.3 is 0 Å². The minimum absolute atomic E-state index is 0.456. The van der Waals surface area contributed by atoms with Crippen molar-refractivity contribution in [2.24, 2.45) is 0 Å². The summed E-state index contributed by atoms with van der Waals surface area (Å²) in [5.74, 6) is 0.981. The fourth-order valence-corrected chi connectivity index (χ4v) is 1.89. The van der Waals surface area contributed by atoms with E-state index in [0.717, 1.165) is 31.0 Å². The van der Waals surface area contributed by atoms with Gasteiger partial charge in [-0.3, -0.25) is 0 Å². The summed E-state index contributed by atoms with van der Waals surface area (Å²) in [5.41, 5.74) is 1.06. The highest BCUT2D eigenvalue weighted by Gasteiger charge is 2.29. The Bertz CT molecular complexity index is 321. The second kappa shape index (κ2) is 4.62. The summed E-state index contributed by atoms with van der Waals surface area (Å²) in [6.45, 7) is 4.87. The summed E-state index contributed by atoms with van der Waals surface area (Å²) >= 11 is 0. The Morgan fingerprint density at radius 1 is 1.47 bits per heavy atom. The Hall–Kier alpha value is -1.09. The van der Waals surface area contributed by atoms with Gasteiger partial charge in [0.2, 0.25) is 0 Å². The second-order valence-corrected chi connectivity index (χ2v) is 4.05. The first-order valence-corrected chi connectivity index (χ1v) is 5.59. The molecule has 0 amide bonds. The van der Waals surface area contributed by atoms with Gasteiger partial charge in [-0.2, -0.15) is 0 Å². The normalized spacial score (nSPS) is 24.7. The van der Waals surface area contributed by atoms with E-state index in [1.54, 1.807) is 0 Å². The lowest BCUT2D eigenvalue weighted by molar-refractivity contribution is 0.00292. The third-order valence-corrected chi connectivity index (χ3v) is 2.74. The minimum Gasteiger partial charge on any atom is -0.378 e. The number of hydrogen-bond donors (Lipinski definition) is 1. The second-order valence-electron chi connectivity index (χ2n) is 4.05. The van der Waals surface area contributed by atoms with Gasteiger partial charge in [0.25, 0.3) is 0 Å². The standard InChI is InChI=1S/C12H18N2O/c1-3-15-11-7-10(8-11)14-12-6-4-5-9(2)13-12/h4-6,10-11H,3,7-8H2,1-2H3,(H,13,14). The van der Waals surface area contributed by atoms with Crippen LogP contribution in [-0.4, -0.2) is 23.7 Å². The van der Waals surface area contributed by atoms with Gasteiger partial charge in [-0.1, -0.05) is 6.07 Å². The number of pyridine rings is 1. The molecule has 1 N–H and O–H groups in total. The quantitative estimate of drug-likeness (QED) is 0.821. The summed E-state index contributed by atoms with van der Waals surface area (Å²) < 4.78 is 5.51. The van der Waals surface area contributed by atoms with Crippen LogP contribution < -0.4 is 5.32 Å². The Morgan fingerprint density at radius 3 is 2.93 bits per heavy atom. The van der Waals surface area contributed by atoms with Crippen LogP contribution in [0.3, 0.4) is 0 Å². The molecule has 1 aliphatic carbocycles. The number of rotatable bonds is 4. The fraction of sp³-hybridized carbons (Fsp3) is 0.583. The van der Waals surface area contributed by atoms with Crippen LogP contribution in [0.25, 0.3) is 0 Å². The number of nitrogens with one attached hydrogen (secondary N) is 1. The molecule has 1 aromatic rings. The van der Waals surface area contributed by atoms with Crippen LogP contribution in [0.1, 0.15) is 25.5 Å². The summed E-state index contributed by atoms with van der Waals surface area (Å²) in [6, 6.07) is 6.59. The van der Waals surface area contributed by atoms with Crippen LogP contribution in [0, 0.1) is 6.92 Å². The smallest absolute Gasteiger partial charge is 0.126 e. The topological polar surface area (TPSA) is 34.1 Å². The van der Waals surface area contributed by atoms with Crippen molar-refractivity contribution < 1.29 is 4.74 Å². The van der Waals surface area contributed by atoms with Crippen molar-refractivity contribution in [2.45, 2.75) is 38.8 Å². The van der Waals surface area contributed by atoms with E-state index in [1.165, 1.54) is 0 Å². The van der Waals surface area contributed by atoms with Crippen molar-refractivity contribution >= 4 is 5.82 Å². The van der Waals surface area contributed by atoms with Gasteiger partial charge in [0, 0.05) is 18.3 Å². The van der Waals surface area contributed by atoms with E-state index < -0.39 is 0 Å². The number of ether oxygens (including phenoxy) is 1. The molecule has 0 atom stereocenters. The van der Waals surface area contributed by atoms with E-state index >= 15 is 0 Å². The van der Waals surface area contributed by atoms with E-state index in [-0.39, 0.29) is 0 Å². The van der Waals surface area contributed by atoms with E-state index in [1.807, 2.05) is 32.0 Å². The third kappa shape index (κ3) is 2.69. The molecule has 0 unspecified atom stereocenters. The third-order valence-electron chi connectivity index (χ3n) is 2.74. The molecule has 0 aliphatic heterocycles. The molecular weight excluding hydrogens is 188 g/mol. The number of nitrogens with zero attached hydrogens (tertiary/aromatic N) is 1. The number of anilines is 1. The van der Waals surface area contributed by atoms with E-state index in [0.29, 0.717) is 12.1 Å². The highest BCUT2D eigenvalue weighted by Crippen LogP contribution is 2.26. The van der Waals surface area contributed by atoms with E-state index in [4.69, 9.17) is 4.74 Å². The zero-order chi connectivity index (χ0) is 10.7. The minimum atomic E-state index is 0.456. The van der Waals surface area contributed by atoms with Crippen LogP contribution in [0.15, 0.2) is 18.2 Å². The predicted molar refractivity (Wildman–Crippen MR) is 61.0 cm³/mol. The first kappa shape index (κ1) is 10.4. The van der Waals surface area contributed by atoms with Gasteiger partial charge in [0.1, 0.15) is 5.82 Å². The van der Waals surface area contributed by atoms with Crippen LogP contribution in [0.4, 0.5) is 5.82 Å². The van der Waals surface area contributed by atoms with Gasteiger partial charge in [-0.15, -0.1) is 0 Å². The summed E-state index contributed by atoms with van der Waals surface area (Å²) in [7, 11) is 0. The largest absolute Gasteiger partial charge is 0.378 e. The molecule has 3 heteroatoms. The summed E-state index contributed by atoms with van der Waals surface area (Å²) in [6.07, 6.45) is 2.66. The molecule has 1 heterocycles. The number of aromatic nitrogens is 1. The van der Waals surface area contributed by atoms with Crippen molar-refractivity contribution in [3.05, 3.63) is 23.9 Å². The van der Waals surface area contributed by atoms with Crippen molar-refractivity contribution in [2.75, 3.05) is 11.9 Å². The first-order valence-electron chi connectivity index (χ1n) is 5.59. The number of hydrogen-bond acceptors (Lipinski definition) is 3. The fourth-order valence-electron chi connectivity index (χ4n) is 1.89.